The summed E-state index contributed by atoms with van der Waals surface area (Å²) in [5.74, 6) is -0.259. The lowest BCUT2D eigenvalue weighted by Gasteiger charge is -2.30. The Hall–Kier alpha value is -2.58. The standard InChI is InChI=1S/C23H29FN4O2S/c1-17-7-5-13-27(15-17)14-6-12-25-22(30)11-10-19-16-31-23(26-19)28(18(2)29)21-9-4-3-8-20(21)24/h3-4,8-11,16-17H,5-7,12-15H2,1-2H3,(H,25,30)/b11-10+. The molecule has 1 N–H and O–H groups in total. The van der Waals surface area contributed by atoms with Crippen molar-refractivity contribution in [3.05, 3.63) is 47.2 Å². The van der Waals surface area contributed by atoms with Crippen LogP contribution in [-0.4, -0.2) is 47.9 Å². The Balaban J connectivity index is 1.50. The van der Waals surface area contributed by atoms with E-state index in [1.165, 1.54) is 54.2 Å². The highest BCUT2D eigenvalue weighted by Crippen LogP contribution is 2.30. The average molecular weight is 445 g/mol. The van der Waals surface area contributed by atoms with Gasteiger partial charge in [-0.05, 0) is 56.5 Å². The number of benzene rings is 1. The minimum Gasteiger partial charge on any atom is -0.353 e. The number of carbonyl (C=O) groups is 2. The van der Waals surface area contributed by atoms with E-state index in [0.29, 0.717) is 17.4 Å². The number of nitrogens with one attached hydrogen (secondary N) is 1. The third kappa shape index (κ3) is 6.70. The van der Waals surface area contributed by atoms with E-state index in [4.69, 9.17) is 0 Å². The van der Waals surface area contributed by atoms with E-state index in [1.54, 1.807) is 23.6 Å². The summed E-state index contributed by atoms with van der Waals surface area (Å²) in [6, 6.07) is 6.07. The normalized spacial score (nSPS) is 17.1. The third-order valence-corrected chi connectivity index (χ3v) is 6.05. The zero-order chi connectivity index (χ0) is 22.2. The number of hydrogen-bond acceptors (Lipinski definition) is 5. The number of aromatic nitrogens is 1. The van der Waals surface area contributed by atoms with E-state index in [-0.39, 0.29) is 17.5 Å². The molecule has 8 heteroatoms. The number of halogens is 1. The Morgan fingerprint density at radius 1 is 1.39 bits per heavy atom. The largest absolute Gasteiger partial charge is 0.353 e. The van der Waals surface area contributed by atoms with Crippen LogP contribution < -0.4 is 10.2 Å². The molecule has 1 atom stereocenters. The van der Waals surface area contributed by atoms with Crippen molar-refractivity contribution in [3.63, 3.8) is 0 Å². The Morgan fingerprint density at radius 2 is 2.19 bits per heavy atom. The van der Waals surface area contributed by atoms with Gasteiger partial charge in [0.2, 0.25) is 11.8 Å². The van der Waals surface area contributed by atoms with E-state index >= 15 is 0 Å². The van der Waals surface area contributed by atoms with Crippen molar-refractivity contribution < 1.29 is 14.0 Å². The zero-order valence-corrected chi connectivity index (χ0v) is 18.8. The summed E-state index contributed by atoms with van der Waals surface area (Å²) in [7, 11) is 0. The molecule has 166 valence electrons. The highest BCUT2D eigenvalue weighted by molar-refractivity contribution is 7.14. The summed E-state index contributed by atoms with van der Waals surface area (Å²) in [6.45, 7) is 7.57. The van der Waals surface area contributed by atoms with Crippen LogP contribution in [0.15, 0.2) is 35.7 Å². The predicted octanol–water partition coefficient (Wildman–Crippen LogP) is 4.22. The lowest BCUT2D eigenvalue weighted by molar-refractivity contribution is -0.117. The molecule has 1 unspecified atom stereocenters. The molecule has 1 fully saturated rings. The fourth-order valence-corrected chi connectivity index (χ4v) is 4.57. The molecule has 3 rings (SSSR count). The maximum atomic E-state index is 14.1. The summed E-state index contributed by atoms with van der Waals surface area (Å²) in [5, 5.41) is 4.98. The third-order valence-electron chi connectivity index (χ3n) is 5.21. The van der Waals surface area contributed by atoms with E-state index < -0.39 is 5.82 Å². The Morgan fingerprint density at radius 3 is 2.94 bits per heavy atom. The van der Waals surface area contributed by atoms with E-state index in [9.17, 15) is 14.0 Å². The molecule has 1 aromatic heterocycles. The Bertz CT molecular complexity index is 930. The first-order valence-electron chi connectivity index (χ1n) is 10.6. The van der Waals surface area contributed by atoms with Crippen LogP contribution in [0.1, 0.15) is 38.8 Å². The monoisotopic (exact) mass is 444 g/mol. The molecular weight excluding hydrogens is 415 g/mol. The van der Waals surface area contributed by atoms with Gasteiger partial charge in [0.1, 0.15) is 5.82 Å². The molecule has 6 nitrogen and oxygen atoms in total. The van der Waals surface area contributed by atoms with Crippen LogP contribution in [0.25, 0.3) is 6.08 Å². The second kappa shape index (κ2) is 11.2. The zero-order valence-electron chi connectivity index (χ0n) is 18.0. The van der Waals surface area contributed by atoms with Crippen molar-refractivity contribution >= 4 is 40.0 Å². The molecule has 1 aliphatic heterocycles. The first-order chi connectivity index (χ1) is 14.9. The van der Waals surface area contributed by atoms with Crippen molar-refractivity contribution in [2.45, 2.75) is 33.1 Å². The molecule has 0 spiro atoms. The van der Waals surface area contributed by atoms with Gasteiger partial charge in [-0.1, -0.05) is 19.1 Å². The van der Waals surface area contributed by atoms with Gasteiger partial charge in [0, 0.05) is 31.5 Å². The maximum absolute atomic E-state index is 14.1. The fraction of sp³-hybridized carbons (Fsp3) is 0.435. The number of nitrogens with zero attached hydrogens (tertiary/aromatic N) is 3. The molecule has 0 saturated carbocycles. The first kappa shape index (κ1) is 23.1. The van der Waals surface area contributed by atoms with Crippen molar-refractivity contribution in [2.24, 2.45) is 5.92 Å². The van der Waals surface area contributed by atoms with Gasteiger partial charge < -0.3 is 10.2 Å². The molecule has 1 aliphatic rings. The van der Waals surface area contributed by atoms with Gasteiger partial charge in [-0.3, -0.25) is 14.5 Å². The van der Waals surface area contributed by atoms with Crippen LogP contribution >= 0.6 is 11.3 Å². The first-order valence-corrected chi connectivity index (χ1v) is 11.5. The van der Waals surface area contributed by atoms with Gasteiger partial charge in [0.25, 0.3) is 0 Å². The summed E-state index contributed by atoms with van der Waals surface area (Å²) < 4.78 is 14.1. The molecule has 1 saturated heterocycles. The van der Waals surface area contributed by atoms with Crippen molar-refractivity contribution in [3.8, 4) is 0 Å². The number of hydrogen-bond donors (Lipinski definition) is 1. The number of amides is 2. The highest BCUT2D eigenvalue weighted by Gasteiger charge is 2.20. The van der Waals surface area contributed by atoms with Crippen molar-refractivity contribution in [1.82, 2.24) is 15.2 Å². The SMILES string of the molecule is CC(=O)N(c1nc(/C=C/C(=O)NCCCN2CCCC(C)C2)cs1)c1ccccc1F. The van der Waals surface area contributed by atoms with E-state index in [2.05, 4.69) is 22.1 Å². The van der Waals surface area contributed by atoms with Gasteiger partial charge >= 0.3 is 0 Å². The minimum absolute atomic E-state index is 0.153. The summed E-state index contributed by atoms with van der Waals surface area (Å²) >= 11 is 1.22. The summed E-state index contributed by atoms with van der Waals surface area (Å²) in [4.78, 5) is 32.2. The van der Waals surface area contributed by atoms with Gasteiger partial charge in [0.15, 0.2) is 5.13 Å². The lowest BCUT2D eigenvalue weighted by atomic mass is 10.0. The summed E-state index contributed by atoms with van der Waals surface area (Å²) in [5.41, 5.74) is 0.695. The molecule has 2 heterocycles. The molecule has 0 aliphatic carbocycles. The van der Waals surface area contributed by atoms with Crippen LogP contribution in [0.5, 0.6) is 0 Å². The predicted molar refractivity (Wildman–Crippen MR) is 123 cm³/mol. The maximum Gasteiger partial charge on any atom is 0.244 e. The van der Waals surface area contributed by atoms with Crippen molar-refractivity contribution in [1.29, 1.82) is 0 Å². The van der Waals surface area contributed by atoms with Gasteiger partial charge in [-0.25, -0.2) is 9.37 Å². The molecular formula is C23H29FN4O2S. The molecule has 2 aromatic rings. The number of thiazole rings is 1. The second-order valence-electron chi connectivity index (χ2n) is 7.89. The Kier molecular flexibility index (Phi) is 8.31. The number of likely N-dealkylation sites (tertiary alicyclic amines) is 1. The lowest BCUT2D eigenvalue weighted by Crippen LogP contribution is -2.36. The van der Waals surface area contributed by atoms with Crippen LogP contribution in [0.4, 0.5) is 15.2 Å². The summed E-state index contributed by atoms with van der Waals surface area (Å²) in [6.07, 6.45) is 6.51. The molecule has 0 radical (unpaired) electrons. The number of anilines is 2. The number of para-hydroxylation sites is 1. The van der Waals surface area contributed by atoms with Crippen molar-refractivity contribution in [2.75, 3.05) is 31.1 Å². The van der Waals surface area contributed by atoms with Gasteiger partial charge in [0.05, 0.1) is 11.4 Å². The topological polar surface area (TPSA) is 65.5 Å². The van der Waals surface area contributed by atoms with Crippen LogP contribution in [0, 0.1) is 11.7 Å². The fourth-order valence-electron chi connectivity index (χ4n) is 3.72. The van der Waals surface area contributed by atoms with Crippen LogP contribution in [0.2, 0.25) is 0 Å². The van der Waals surface area contributed by atoms with Gasteiger partial charge in [-0.2, -0.15) is 0 Å². The second-order valence-corrected chi connectivity index (χ2v) is 8.72. The molecule has 0 bridgehead atoms. The highest BCUT2D eigenvalue weighted by atomic mass is 32.1. The molecule has 2 amide bonds. The minimum atomic E-state index is -0.497. The van der Waals surface area contributed by atoms with E-state index in [1.807, 2.05) is 0 Å². The van der Waals surface area contributed by atoms with E-state index in [0.717, 1.165) is 32.0 Å². The van der Waals surface area contributed by atoms with Crippen LogP contribution in [0.3, 0.4) is 0 Å². The van der Waals surface area contributed by atoms with Gasteiger partial charge in [-0.15, -0.1) is 11.3 Å². The molecule has 1 aromatic carbocycles. The number of carbonyl (C=O) groups excluding carboxylic acids is 2. The number of piperidine rings is 1. The van der Waals surface area contributed by atoms with Crippen LogP contribution in [-0.2, 0) is 9.59 Å². The Labute approximate surface area is 186 Å². The quantitative estimate of drug-likeness (QED) is 0.489. The molecule has 31 heavy (non-hydrogen) atoms. The number of rotatable bonds is 8. The average Bonchev–Trinajstić information content (AvgIpc) is 3.19. The smallest absolute Gasteiger partial charge is 0.244 e.